The Labute approximate surface area is 54.9 Å². The average molecular weight is 153 g/mol. The van der Waals surface area contributed by atoms with Gasteiger partial charge in [-0.25, -0.2) is 0 Å². The molecule has 0 aliphatic carbocycles. The molecule has 1 nitrogen and oxygen atoms in total. The zero-order chi connectivity index (χ0) is 0. The molecule has 0 bridgehead atoms. The number of hydrogen-bond acceptors (Lipinski definition) is 0. The Kier molecular flexibility index (Phi) is 347. The minimum atomic E-state index is 0. The fourth-order valence-corrected chi connectivity index (χ4v) is 0. The molecule has 0 atom stereocenters. The van der Waals surface area contributed by atoms with Crippen molar-refractivity contribution in [3.63, 3.8) is 0 Å². The summed E-state index contributed by atoms with van der Waals surface area (Å²) in [6, 6.07) is 0. The molecule has 4 heavy (non-hydrogen) atoms. The maximum absolute atomic E-state index is 0. The van der Waals surface area contributed by atoms with Crippen molar-refractivity contribution in [2.45, 2.75) is 0 Å². The van der Waals surface area contributed by atoms with Crippen LogP contribution in [0.2, 0.25) is 0 Å². The van der Waals surface area contributed by atoms with Gasteiger partial charge in [0.2, 0.25) is 0 Å². The second-order valence-electron chi connectivity index (χ2n) is 0. The monoisotopic (exact) mass is 153 g/mol. The van der Waals surface area contributed by atoms with E-state index >= 15 is 0 Å². The Morgan fingerprint density at radius 1 is 1.00 bits per heavy atom. The van der Waals surface area contributed by atoms with Crippen LogP contribution in [0.3, 0.4) is 0 Å². The molecule has 0 aromatic carbocycles. The molecule has 0 aromatic rings. The summed E-state index contributed by atoms with van der Waals surface area (Å²) in [6.45, 7) is 0. The molecule has 0 amide bonds. The van der Waals surface area contributed by atoms with Crippen LogP contribution in [0.25, 0.3) is 0 Å². The molecule has 25 valence electrons. The van der Waals surface area contributed by atoms with Crippen molar-refractivity contribution in [2.24, 2.45) is 0 Å². The first kappa shape index (κ1) is 53.4. The second kappa shape index (κ2) is 26.0. The van der Waals surface area contributed by atoms with Gasteiger partial charge in [-0.2, -0.15) is 0 Å². The first-order chi connectivity index (χ1) is 0. The van der Waals surface area contributed by atoms with Gasteiger partial charge in [0.05, 0.1) is 0 Å². The molecule has 0 spiro atoms. The summed E-state index contributed by atoms with van der Waals surface area (Å²) in [6.07, 6.45) is 0. The van der Waals surface area contributed by atoms with Crippen LogP contribution in [-0.4, -0.2) is 16.4 Å². The normalized spacial score (nSPS) is 0. The van der Waals surface area contributed by atoms with Gasteiger partial charge in [0.15, 0.2) is 0 Å². The number of rotatable bonds is 0. The summed E-state index contributed by atoms with van der Waals surface area (Å²) in [7, 11) is 0. The van der Waals surface area contributed by atoms with Gasteiger partial charge in [-0.05, 0) is 0 Å². The van der Waals surface area contributed by atoms with Crippen LogP contribution in [0.5, 0.6) is 0 Å². The topological polar surface area (TPSA) is 31.5 Å². The van der Waals surface area contributed by atoms with E-state index in [9.17, 15) is 0 Å². The summed E-state index contributed by atoms with van der Waals surface area (Å²) in [5, 5.41) is 0. The van der Waals surface area contributed by atoms with Crippen molar-refractivity contribution in [1.82, 2.24) is 0 Å². The van der Waals surface area contributed by atoms with Crippen LogP contribution in [0.15, 0.2) is 0 Å². The molecule has 0 rings (SSSR count). The molecule has 2 N–H and O–H groups in total. The van der Waals surface area contributed by atoms with Gasteiger partial charge >= 0.3 is 0 Å². The standard InChI is InChI=1S/Co.H2O.Si.Ti/h;1H2;;. The fraction of sp³-hybridized carbons (Fsp3) is 0. The van der Waals surface area contributed by atoms with E-state index in [2.05, 4.69) is 0 Å². The average Bonchev–Trinajstić information content (AvgIpc) is 0. The maximum Gasteiger partial charge on any atom is 0 e. The quantitative estimate of drug-likeness (QED) is 0.391. The SMILES string of the molecule is O.[Co].[Si].[Ti]. The van der Waals surface area contributed by atoms with E-state index in [0.717, 1.165) is 0 Å². The molecule has 0 aliphatic heterocycles. The summed E-state index contributed by atoms with van der Waals surface area (Å²) < 4.78 is 0. The van der Waals surface area contributed by atoms with Crippen LogP contribution in [0.1, 0.15) is 0 Å². The van der Waals surface area contributed by atoms with E-state index in [4.69, 9.17) is 0 Å². The molecule has 0 aliphatic rings. The Morgan fingerprint density at radius 3 is 1.00 bits per heavy atom. The van der Waals surface area contributed by atoms with Crippen LogP contribution in [0, 0.1) is 0 Å². The van der Waals surface area contributed by atoms with Crippen molar-refractivity contribution in [3.8, 4) is 0 Å². The Balaban J connectivity index is 0. The van der Waals surface area contributed by atoms with Gasteiger partial charge < -0.3 is 5.48 Å². The largest absolute Gasteiger partial charge is 0.412 e. The Morgan fingerprint density at radius 2 is 1.00 bits per heavy atom. The first-order valence-electron chi connectivity index (χ1n) is 0. The molecule has 4 heteroatoms. The van der Waals surface area contributed by atoms with E-state index in [-0.39, 0.29) is 54.9 Å². The summed E-state index contributed by atoms with van der Waals surface area (Å²) in [4.78, 5) is 0. The molecular formula is H2CoOSiTi. The molecule has 0 fully saturated rings. The van der Waals surface area contributed by atoms with E-state index in [1.54, 1.807) is 0 Å². The predicted molar refractivity (Wildman–Crippen MR) is 9.37 cm³/mol. The number of hydrogen-bond donors (Lipinski definition) is 0. The van der Waals surface area contributed by atoms with Crippen molar-refractivity contribution in [2.75, 3.05) is 0 Å². The fourth-order valence-electron chi connectivity index (χ4n) is 0. The Bertz CT molecular complexity index is 8.00. The summed E-state index contributed by atoms with van der Waals surface area (Å²) in [5.41, 5.74) is 0. The zero-order valence-corrected chi connectivity index (χ0v) is 5.44. The summed E-state index contributed by atoms with van der Waals surface area (Å²) >= 11 is 0. The van der Waals surface area contributed by atoms with E-state index in [0.29, 0.717) is 0 Å². The van der Waals surface area contributed by atoms with Gasteiger partial charge in [-0.15, -0.1) is 0 Å². The van der Waals surface area contributed by atoms with Crippen molar-refractivity contribution in [1.29, 1.82) is 0 Å². The third kappa shape index (κ3) is 10.00. The second-order valence-corrected chi connectivity index (χ2v) is 0. The molecule has 0 heterocycles. The van der Waals surface area contributed by atoms with Crippen LogP contribution < -0.4 is 0 Å². The van der Waals surface area contributed by atoms with Crippen molar-refractivity contribution >= 4 is 11.0 Å². The molecule has 0 saturated carbocycles. The molecule has 5 radical (unpaired) electrons. The minimum absolute atomic E-state index is 0. The zero-order valence-electron chi connectivity index (χ0n) is 1.83. The Hall–Kier alpha value is 1.40. The molecule has 0 unspecified atom stereocenters. The van der Waals surface area contributed by atoms with E-state index in [1.165, 1.54) is 0 Å². The van der Waals surface area contributed by atoms with Gasteiger partial charge in [0, 0.05) is 49.5 Å². The van der Waals surface area contributed by atoms with E-state index < -0.39 is 0 Å². The minimum Gasteiger partial charge on any atom is -0.412 e. The predicted octanol–water partition coefficient (Wildman–Crippen LogP) is -1.21. The molecular weight excluding hydrogens is 151 g/mol. The van der Waals surface area contributed by atoms with Gasteiger partial charge in [0.25, 0.3) is 0 Å². The van der Waals surface area contributed by atoms with Crippen LogP contribution >= 0.6 is 0 Å². The van der Waals surface area contributed by atoms with E-state index in [1.807, 2.05) is 0 Å². The maximum atomic E-state index is 0. The van der Waals surface area contributed by atoms with Gasteiger partial charge in [-0.3, -0.25) is 0 Å². The molecule has 0 saturated heterocycles. The molecule has 0 aromatic heterocycles. The van der Waals surface area contributed by atoms with Gasteiger partial charge in [-0.1, -0.05) is 0 Å². The van der Waals surface area contributed by atoms with Crippen molar-refractivity contribution < 1.29 is 44.0 Å². The third-order valence-electron chi connectivity index (χ3n) is 0. The smallest absolute Gasteiger partial charge is 0 e. The van der Waals surface area contributed by atoms with Crippen LogP contribution in [0.4, 0.5) is 0 Å². The van der Waals surface area contributed by atoms with Crippen molar-refractivity contribution in [3.05, 3.63) is 0 Å². The third-order valence-corrected chi connectivity index (χ3v) is 0. The first-order valence-corrected chi connectivity index (χ1v) is 0. The van der Waals surface area contributed by atoms with Crippen LogP contribution in [-0.2, 0) is 38.5 Å². The summed E-state index contributed by atoms with van der Waals surface area (Å²) in [5.74, 6) is 0. The van der Waals surface area contributed by atoms with Gasteiger partial charge in [0.1, 0.15) is 0 Å².